The summed E-state index contributed by atoms with van der Waals surface area (Å²) in [5.74, 6) is -0.382. The van der Waals surface area contributed by atoms with Crippen LogP contribution in [-0.2, 0) is 4.79 Å². The van der Waals surface area contributed by atoms with Gasteiger partial charge in [-0.1, -0.05) is 18.6 Å². The number of benzene rings is 1. The number of carbonyl (C=O) groups is 2. The van der Waals surface area contributed by atoms with Gasteiger partial charge in [-0.25, -0.2) is 9.48 Å². The van der Waals surface area contributed by atoms with Crippen LogP contribution < -0.4 is 14.8 Å². The Labute approximate surface area is 149 Å². The zero-order valence-electron chi connectivity index (χ0n) is 14.6. The van der Waals surface area contributed by atoms with Crippen LogP contribution in [0, 0.1) is 6.92 Å². The third-order valence-corrected chi connectivity index (χ3v) is 4.06. The van der Waals surface area contributed by atoms with Gasteiger partial charge in [0, 0.05) is 6.07 Å². The minimum Gasteiger partial charge on any atom is -0.486 e. The smallest absolute Gasteiger partial charge is 0.326 e. The monoisotopic (exact) mass is 360 g/mol. The minimum absolute atomic E-state index is 0.0854. The second-order valence-electron chi connectivity index (χ2n) is 5.92. The molecule has 0 saturated carbocycles. The fraction of sp³-hybridized carbons (Fsp3) is 0.412. The minimum atomic E-state index is -1.07. The predicted octanol–water partition coefficient (Wildman–Crippen LogP) is 1.33. The van der Waals surface area contributed by atoms with Crippen LogP contribution in [0.3, 0.4) is 0 Å². The van der Waals surface area contributed by atoms with Crippen molar-refractivity contribution in [3.63, 3.8) is 0 Å². The first-order valence-electron chi connectivity index (χ1n) is 8.37. The number of carbonyl (C=O) groups excluding carboxylic acids is 1. The van der Waals surface area contributed by atoms with Gasteiger partial charge in [-0.3, -0.25) is 4.79 Å². The summed E-state index contributed by atoms with van der Waals surface area (Å²) in [6.07, 6.45) is 0.983. The number of fused-ring (bicyclic) bond motifs is 1. The highest BCUT2D eigenvalue weighted by molar-refractivity contribution is 5.95. The SMILES string of the molecule is CCCC(NC(=O)c1nnn(-c2ccc3c(c2)OCCO3)c1C)C(=O)O. The van der Waals surface area contributed by atoms with Crippen LogP contribution in [0.15, 0.2) is 18.2 Å². The fourth-order valence-electron chi connectivity index (χ4n) is 2.72. The molecule has 0 fully saturated rings. The van der Waals surface area contributed by atoms with Crippen molar-refractivity contribution in [3.8, 4) is 17.2 Å². The molecule has 9 heteroatoms. The number of rotatable bonds is 6. The van der Waals surface area contributed by atoms with Gasteiger partial charge in [0.1, 0.15) is 19.3 Å². The molecule has 1 aromatic carbocycles. The van der Waals surface area contributed by atoms with Crippen molar-refractivity contribution in [2.24, 2.45) is 0 Å². The summed E-state index contributed by atoms with van der Waals surface area (Å²) in [5.41, 5.74) is 1.25. The lowest BCUT2D eigenvalue weighted by Gasteiger charge is -2.18. The van der Waals surface area contributed by atoms with Gasteiger partial charge in [0.25, 0.3) is 5.91 Å². The molecule has 0 saturated heterocycles. The molecule has 1 aromatic heterocycles. The van der Waals surface area contributed by atoms with E-state index in [0.717, 1.165) is 0 Å². The average Bonchev–Trinajstić information content (AvgIpc) is 3.02. The van der Waals surface area contributed by atoms with E-state index in [1.807, 2.05) is 6.92 Å². The molecule has 3 rings (SSSR count). The van der Waals surface area contributed by atoms with Crippen molar-refractivity contribution >= 4 is 11.9 Å². The maximum Gasteiger partial charge on any atom is 0.326 e. The van der Waals surface area contributed by atoms with Gasteiger partial charge in [0.2, 0.25) is 0 Å². The summed E-state index contributed by atoms with van der Waals surface area (Å²) >= 11 is 0. The Morgan fingerprint density at radius 3 is 2.73 bits per heavy atom. The summed E-state index contributed by atoms with van der Waals surface area (Å²) < 4.78 is 12.5. The number of nitrogens with zero attached hydrogens (tertiary/aromatic N) is 3. The Hall–Kier alpha value is -3.10. The van der Waals surface area contributed by atoms with Crippen molar-refractivity contribution in [1.29, 1.82) is 0 Å². The molecule has 0 bridgehead atoms. The maximum atomic E-state index is 12.4. The largest absolute Gasteiger partial charge is 0.486 e. The Morgan fingerprint density at radius 2 is 2.04 bits per heavy atom. The molecular weight excluding hydrogens is 340 g/mol. The molecule has 1 unspecified atom stereocenters. The van der Waals surface area contributed by atoms with E-state index < -0.39 is 17.9 Å². The molecule has 0 aliphatic carbocycles. The zero-order chi connectivity index (χ0) is 18.7. The standard InChI is InChI=1S/C17H20N4O5/c1-3-4-12(17(23)24)18-16(22)15-10(2)21(20-19-15)11-5-6-13-14(9-11)26-8-7-25-13/h5-6,9,12H,3-4,7-8H2,1-2H3,(H,18,22)(H,23,24). The molecule has 138 valence electrons. The maximum absolute atomic E-state index is 12.4. The summed E-state index contributed by atoms with van der Waals surface area (Å²) in [7, 11) is 0. The van der Waals surface area contributed by atoms with Crippen LogP contribution in [0.1, 0.15) is 35.9 Å². The molecule has 1 atom stereocenters. The van der Waals surface area contributed by atoms with E-state index in [9.17, 15) is 14.7 Å². The van der Waals surface area contributed by atoms with E-state index in [-0.39, 0.29) is 5.69 Å². The number of ether oxygens (including phenoxy) is 2. The average molecular weight is 360 g/mol. The Kier molecular flexibility index (Phi) is 5.06. The number of hydrogen-bond donors (Lipinski definition) is 2. The first-order chi connectivity index (χ1) is 12.5. The number of carboxylic acids is 1. The van der Waals surface area contributed by atoms with Crippen LogP contribution in [0.2, 0.25) is 0 Å². The lowest BCUT2D eigenvalue weighted by Crippen LogP contribution is -2.41. The first-order valence-corrected chi connectivity index (χ1v) is 8.37. The molecule has 2 heterocycles. The molecule has 2 aromatic rings. The summed E-state index contributed by atoms with van der Waals surface area (Å²) in [5, 5.41) is 19.6. The first kappa shape index (κ1) is 17.7. The summed E-state index contributed by atoms with van der Waals surface area (Å²) in [6, 6.07) is 4.36. The van der Waals surface area contributed by atoms with Crippen LogP contribution in [0.25, 0.3) is 5.69 Å². The predicted molar refractivity (Wildman–Crippen MR) is 90.9 cm³/mol. The Bertz CT molecular complexity index is 833. The van der Waals surface area contributed by atoms with Crippen molar-refractivity contribution in [3.05, 3.63) is 29.6 Å². The van der Waals surface area contributed by atoms with Gasteiger partial charge in [0.15, 0.2) is 17.2 Å². The molecule has 9 nitrogen and oxygen atoms in total. The van der Waals surface area contributed by atoms with Crippen LogP contribution in [0.4, 0.5) is 0 Å². The molecule has 1 aliphatic rings. The van der Waals surface area contributed by atoms with Gasteiger partial charge in [-0.2, -0.15) is 0 Å². The van der Waals surface area contributed by atoms with Gasteiger partial charge in [-0.05, 0) is 25.5 Å². The van der Waals surface area contributed by atoms with Gasteiger partial charge < -0.3 is 19.9 Å². The van der Waals surface area contributed by atoms with E-state index >= 15 is 0 Å². The lowest BCUT2D eigenvalue weighted by molar-refractivity contribution is -0.139. The molecule has 0 radical (unpaired) electrons. The van der Waals surface area contributed by atoms with Crippen LogP contribution in [0.5, 0.6) is 11.5 Å². The second-order valence-corrected chi connectivity index (χ2v) is 5.92. The highest BCUT2D eigenvalue weighted by Crippen LogP contribution is 2.32. The highest BCUT2D eigenvalue weighted by Gasteiger charge is 2.24. The van der Waals surface area contributed by atoms with E-state index in [4.69, 9.17) is 9.47 Å². The van der Waals surface area contributed by atoms with Gasteiger partial charge >= 0.3 is 5.97 Å². The highest BCUT2D eigenvalue weighted by atomic mass is 16.6. The van der Waals surface area contributed by atoms with Crippen molar-refractivity contribution in [1.82, 2.24) is 20.3 Å². The van der Waals surface area contributed by atoms with Crippen molar-refractivity contribution < 1.29 is 24.2 Å². The molecular formula is C17H20N4O5. The van der Waals surface area contributed by atoms with Crippen LogP contribution in [-0.4, -0.2) is 51.2 Å². The fourth-order valence-corrected chi connectivity index (χ4v) is 2.72. The molecule has 1 aliphatic heterocycles. The van der Waals surface area contributed by atoms with Gasteiger partial charge in [0.05, 0.1) is 11.4 Å². The quantitative estimate of drug-likeness (QED) is 0.798. The van der Waals surface area contributed by atoms with Crippen LogP contribution >= 0.6 is 0 Å². The van der Waals surface area contributed by atoms with Crippen molar-refractivity contribution in [2.75, 3.05) is 13.2 Å². The number of aromatic nitrogens is 3. The third kappa shape index (κ3) is 3.46. The third-order valence-electron chi connectivity index (χ3n) is 4.06. The van der Waals surface area contributed by atoms with E-state index in [0.29, 0.717) is 48.9 Å². The van der Waals surface area contributed by atoms with E-state index in [1.165, 1.54) is 4.68 Å². The summed E-state index contributed by atoms with van der Waals surface area (Å²) in [4.78, 5) is 23.6. The van der Waals surface area contributed by atoms with E-state index in [2.05, 4.69) is 15.6 Å². The zero-order valence-corrected chi connectivity index (χ0v) is 14.6. The number of carboxylic acid groups (broad SMARTS) is 1. The Morgan fingerprint density at radius 1 is 1.31 bits per heavy atom. The van der Waals surface area contributed by atoms with Gasteiger partial charge in [-0.15, -0.1) is 5.10 Å². The number of nitrogens with one attached hydrogen (secondary N) is 1. The normalized spacial score (nSPS) is 13.9. The number of hydrogen-bond acceptors (Lipinski definition) is 6. The molecule has 0 spiro atoms. The summed E-state index contributed by atoms with van der Waals surface area (Å²) in [6.45, 7) is 4.52. The molecule has 26 heavy (non-hydrogen) atoms. The topological polar surface area (TPSA) is 116 Å². The number of amides is 1. The van der Waals surface area contributed by atoms with E-state index in [1.54, 1.807) is 25.1 Å². The lowest BCUT2D eigenvalue weighted by atomic mass is 10.1. The number of aliphatic carboxylic acids is 1. The Balaban J connectivity index is 1.83. The molecule has 1 amide bonds. The molecule has 2 N–H and O–H groups in total. The second kappa shape index (κ2) is 7.42. The van der Waals surface area contributed by atoms with Crippen molar-refractivity contribution in [2.45, 2.75) is 32.7 Å².